The predicted molar refractivity (Wildman–Crippen MR) is 72.4 cm³/mol. The smallest absolute Gasteiger partial charge is 0.343 e. The van der Waals surface area contributed by atoms with E-state index in [0.717, 1.165) is 6.07 Å². The predicted octanol–water partition coefficient (Wildman–Crippen LogP) is 0.762. The van der Waals surface area contributed by atoms with E-state index in [-0.39, 0.29) is 23.5 Å². The van der Waals surface area contributed by atoms with Crippen molar-refractivity contribution >= 4 is 11.5 Å². The minimum atomic E-state index is -2.09. The number of rotatable bonds is 3. The molecular weight excluding hydrogens is 265 g/mol. The molecule has 4 N–H and O–H groups in total. The van der Waals surface area contributed by atoms with E-state index in [1.165, 1.54) is 18.2 Å². The SMILES string of the molecule is CCC1=NC(N)N=C(N)C1(c1ccccc1F)[N+](=O)[O-]. The third kappa shape index (κ3) is 1.85. The van der Waals surface area contributed by atoms with Crippen LogP contribution in [0, 0.1) is 15.9 Å². The number of nitrogens with two attached hydrogens (primary N) is 2. The zero-order valence-electron chi connectivity index (χ0n) is 10.8. The molecule has 2 atom stereocenters. The van der Waals surface area contributed by atoms with Crippen LogP contribution in [0.3, 0.4) is 0 Å². The van der Waals surface area contributed by atoms with Gasteiger partial charge in [0.2, 0.25) is 0 Å². The normalized spacial score (nSPS) is 25.9. The number of hydrogen-bond donors (Lipinski definition) is 2. The van der Waals surface area contributed by atoms with Gasteiger partial charge >= 0.3 is 5.54 Å². The van der Waals surface area contributed by atoms with Gasteiger partial charge in [-0.05, 0) is 18.6 Å². The van der Waals surface area contributed by atoms with Gasteiger partial charge in [-0.3, -0.25) is 15.8 Å². The third-order valence-corrected chi connectivity index (χ3v) is 3.22. The van der Waals surface area contributed by atoms with Crippen LogP contribution >= 0.6 is 0 Å². The molecule has 0 saturated heterocycles. The van der Waals surface area contributed by atoms with Gasteiger partial charge in [0.05, 0.1) is 5.56 Å². The zero-order chi connectivity index (χ0) is 14.9. The highest BCUT2D eigenvalue weighted by Gasteiger charge is 2.56. The standard InChI is InChI=1S/C12H14FN5O2/c1-2-9-12(18(19)20,10(14)17-11(15)16-9)7-5-3-4-6-8(7)13/h3-6,11H,2,15H2,1H3,(H2,14,17). The molecule has 0 bridgehead atoms. The summed E-state index contributed by atoms with van der Waals surface area (Å²) in [5.74, 6) is -1.09. The summed E-state index contributed by atoms with van der Waals surface area (Å²) < 4.78 is 14.1. The molecule has 1 aliphatic rings. The average molecular weight is 279 g/mol. The minimum absolute atomic E-state index is 0.0904. The summed E-state index contributed by atoms with van der Waals surface area (Å²) in [5, 5.41) is 11.7. The number of hydrogen-bond acceptors (Lipinski definition) is 6. The lowest BCUT2D eigenvalue weighted by atomic mass is 9.82. The van der Waals surface area contributed by atoms with E-state index in [9.17, 15) is 14.5 Å². The lowest BCUT2D eigenvalue weighted by Gasteiger charge is -2.30. The van der Waals surface area contributed by atoms with E-state index in [4.69, 9.17) is 11.5 Å². The van der Waals surface area contributed by atoms with Crippen LogP contribution in [0.5, 0.6) is 0 Å². The highest BCUT2D eigenvalue weighted by molar-refractivity contribution is 6.14. The molecule has 2 rings (SSSR count). The first-order valence-corrected chi connectivity index (χ1v) is 6.00. The first-order valence-electron chi connectivity index (χ1n) is 6.00. The van der Waals surface area contributed by atoms with Gasteiger partial charge in [-0.15, -0.1) is 0 Å². The Labute approximate surface area is 114 Å². The van der Waals surface area contributed by atoms with Crippen molar-refractivity contribution in [3.05, 3.63) is 45.8 Å². The number of amidine groups is 1. The van der Waals surface area contributed by atoms with Crippen LogP contribution in [0.25, 0.3) is 0 Å². The van der Waals surface area contributed by atoms with Gasteiger partial charge in [0.15, 0.2) is 12.1 Å². The zero-order valence-corrected chi connectivity index (χ0v) is 10.8. The number of aliphatic imine (C=N–C) groups is 2. The Bertz CT molecular complexity index is 616. The molecule has 0 amide bonds. The molecule has 7 nitrogen and oxygen atoms in total. The van der Waals surface area contributed by atoms with Crippen molar-refractivity contribution < 1.29 is 9.31 Å². The highest BCUT2D eigenvalue weighted by atomic mass is 19.1. The Morgan fingerprint density at radius 1 is 1.45 bits per heavy atom. The molecule has 0 radical (unpaired) electrons. The van der Waals surface area contributed by atoms with Crippen LogP contribution in [0.15, 0.2) is 34.3 Å². The lowest BCUT2D eigenvalue weighted by Crippen LogP contribution is -2.57. The maximum atomic E-state index is 14.1. The summed E-state index contributed by atoms with van der Waals surface area (Å²) >= 11 is 0. The average Bonchev–Trinajstić information content (AvgIpc) is 2.39. The maximum absolute atomic E-state index is 14.1. The van der Waals surface area contributed by atoms with E-state index in [1.807, 2.05) is 0 Å². The molecule has 1 aromatic carbocycles. The molecule has 2 unspecified atom stereocenters. The van der Waals surface area contributed by atoms with Crippen molar-refractivity contribution in [3.8, 4) is 0 Å². The number of nitro groups is 1. The monoisotopic (exact) mass is 279 g/mol. The van der Waals surface area contributed by atoms with Crippen LogP contribution in [0.2, 0.25) is 0 Å². The molecule has 0 fully saturated rings. The van der Waals surface area contributed by atoms with E-state index in [1.54, 1.807) is 6.92 Å². The van der Waals surface area contributed by atoms with E-state index in [2.05, 4.69) is 9.98 Å². The van der Waals surface area contributed by atoms with Crippen LogP contribution in [0.1, 0.15) is 18.9 Å². The molecular formula is C12H14FN5O2. The highest BCUT2D eigenvalue weighted by Crippen LogP contribution is 2.33. The van der Waals surface area contributed by atoms with E-state index < -0.39 is 22.6 Å². The van der Waals surface area contributed by atoms with Crippen LogP contribution in [-0.4, -0.2) is 22.8 Å². The van der Waals surface area contributed by atoms with Gasteiger partial charge in [0, 0.05) is 4.92 Å². The largest absolute Gasteiger partial charge is 0.381 e. The minimum Gasteiger partial charge on any atom is -0.381 e. The Morgan fingerprint density at radius 2 is 2.10 bits per heavy atom. The van der Waals surface area contributed by atoms with Gasteiger partial charge in [0.25, 0.3) is 0 Å². The second-order valence-electron chi connectivity index (χ2n) is 4.30. The molecule has 106 valence electrons. The van der Waals surface area contributed by atoms with Crippen LogP contribution in [0.4, 0.5) is 4.39 Å². The van der Waals surface area contributed by atoms with E-state index >= 15 is 0 Å². The van der Waals surface area contributed by atoms with Crippen molar-refractivity contribution in [2.45, 2.75) is 25.2 Å². The Hall–Kier alpha value is -2.35. The summed E-state index contributed by atoms with van der Waals surface area (Å²) in [6.45, 7) is 1.67. The maximum Gasteiger partial charge on any atom is 0.343 e. The molecule has 1 heterocycles. The topological polar surface area (TPSA) is 120 Å². The van der Waals surface area contributed by atoms with Gasteiger partial charge < -0.3 is 5.73 Å². The Balaban J connectivity index is 2.79. The summed E-state index contributed by atoms with van der Waals surface area (Å²) in [7, 11) is 0. The Morgan fingerprint density at radius 3 is 2.65 bits per heavy atom. The van der Waals surface area contributed by atoms with Gasteiger partial charge in [-0.1, -0.05) is 19.1 Å². The fourth-order valence-electron chi connectivity index (χ4n) is 2.36. The summed E-state index contributed by atoms with van der Waals surface area (Å²) in [4.78, 5) is 18.7. The second-order valence-corrected chi connectivity index (χ2v) is 4.30. The van der Waals surface area contributed by atoms with Gasteiger partial charge in [0.1, 0.15) is 11.5 Å². The van der Waals surface area contributed by atoms with Crippen molar-refractivity contribution in [2.75, 3.05) is 0 Å². The van der Waals surface area contributed by atoms with Crippen molar-refractivity contribution in [3.63, 3.8) is 0 Å². The lowest BCUT2D eigenvalue weighted by molar-refractivity contribution is -0.534. The Kier molecular flexibility index (Phi) is 3.49. The van der Waals surface area contributed by atoms with Crippen LogP contribution < -0.4 is 11.5 Å². The summed E-state index contributed by atoms with van der Waals surface area (Å²) in [6.07, 6.45) is -0.788. The number of benzene rings is 1. The third-order valence-electron chi connectivity index (χ3n) is 3.22. The summed E-state index contributed by atoms with van der Waals surface area (Å²) in [6, 6.07) is 5.38. The first kappa shape index (κ1) is 14.1. The van der Waals surface area contributed by atoms with Gasteiger partial charge in [-0.25, -0.2) is 14.4 Å². The van der Waals surface area contributed by atoms with Crippen molar-refractivity contribution in [1.82, 2.24) is 0 Å². The van der Waals surface area contributed by atoms with E-state index in [0.29, 0.717) is 0 Å². The fraction of sp³-hybridized carbons (Fsp3) is 0.333. The molecule has 1 aliphatic heterocycles. The summed E-state index contributed by atoms with van der Waals surface area (Å²) in [5.41, 5.74) is 9.13. The number of halogens is 1. The van der Waals surface area contributed by atoms with Gasteiger partial charge in [-0.2, -0.15) is 0 Å². The first-order chi connectivity index (χ1) is 9.44. The van der Waals surface area contributed by atoms with Crippen molar-refractivity contribution in [1.29, 1.82) is 0 Å². The molecule has 1 aromatic rings. The van der Waals surface area contributed by atoms with Crippen LogP contribution in [-0.2, 0) is 5.54 Å². The second kappa shape index (κ2) is 4.97. The molecule has 0 aromatic heterocycles. The molecule has 20 heavy (non-hydrogen) atoms. The molecule has 8 heteroatoms. The molecule has 0 aliphatic carbocycles. The fourth-order valence-corrected chi connectivity index (χ4v) is 2.36. The van der Waals surface area contributed by atoms with Crippen molar-refractivity contribution in [2.24, 2.45) is 21.5 Å². The molecule has 0 saturated carbocycles. The number of nitrogens with zero attached hydrogens (tertiary/aromatic N) is 3. The quantitative estimate of drug-likeness (QED) is 0.626. The molecule has 0 spiro atoms.